The van der Waals surface area contributed by atoms with Gasteiger partial charge in [0.15, 0.2) is 0 Å². The predicted molar refractivity (Wildman–Crippen MR) is 88.8 cm³/mol. The van der Waals surface area contributed by atoms with Gasteiger partial charge in [-0.3, -0.25) is 4.79 Å². The second-order valence-corrected chi connectivity index (χ2v) is 6.51. The van der Waals surface area contributed by atoms with Gasteiger partial charge in [0.25, 0.3) is 0 Å². The Kier molecular flexibility index (Phi) is 4.21. The van der Waals surface area contributed by atoms with Crippen molar-refractivity contribution in [2.75, 3.05) is 11.6 Å². The third-order valence-corrected chi connectivity index (χ3v) is 5.11. The van der Waals surface area contributed by atoms with Crippen LogP contribution in [0.25, 0.3) is 0 Å². The van der Waals surface area contributed by atoms with Crippen LogP contribution in [0.2, 0.25) is 0 Å². The van der Waals surface area contributed by atoms with E-state index < -0.39 is 5.41 Å². The number of halogens is 1. The second kappa shape index (κ2) is 6.13. The minimum Gasteiger partial charge on any atom is -0.325 e. The number of nitrogens with one attached hydrogen (secondary N) is 1. The molecule has 0 saturated heterocycles. The molecule has 3 rings (SSSR count). The number of rotatable bonds is 4. The largest absolute Gasteiger partial charge is 0.325 e. The highest BCUT2D eigenvalue weighted by Gasteiger charge is 2.45. The lowest BCUT2D eigenvalue weighted by Gasteiger charge is -2.40. The molecule has 2 nitrogen and oxygen atoms in total. The Morgan fingerprint density at radius 1 is 1.18 bits per heavy atom. The summed E-state index contributed by atoms with van der Waals surface area (Å²) >= 11 is 1.66. The lowest BCUT2D eigenvalue weighted by Crippen LogP contribution is -2.46. The van der Waals surface area contributed by atoms with Gasteiger partial charge in [0.05, 0.1) is 5.41 Å². The summed E-state index contributed by atoms with van der Waals surface area (Å²) in [7, 11) is 0. The Morgan fingerprint density at radius 2 is 1.91 bits per heavy atom. The first-order valence-electron chi connectivity index (χ1n) is 7.36. The fourth-order valence-corrected chi connectivity index (χ4v) is 3.30. The average molecular weight is 315 g/mol. The van der Waals surface area contributed by atoms with Gasteiger partial charge in [0.1, 0.15) is 5.82 Å². The van der Waals surface area contributed by atoms with Crippen molar-refractivity contribution in [1.29, 1.82) is 0 Å². The summed E-state index contributed by atoms with van der Waals surface area (Å²) in [5.74, 6) is -0.331. The van der Waals surface area contributed by atoms with Gasteiger partial charge in [-0.05, 0) is 61.1 Å². The van der Waals surface area contributed by atoms with Crippen LogP contribution in [-0.2, 0) is 10.2 Å². The quantitative estimate of drug-likeness (QED) is 0.835. The molecular weight excluding hydrogens is 297 g/mol. The van der Waals surface area contributed by atoms with E-state index in [1.165, 1.54) is 12.1 Å². The van der Waals surface area contributed by atoms with Crippen molar-refractivity contribution in [3.05, 3.63) is 59.9 Å². The van der Waals surface area contributed by atoms with Crippen molar-refractivity contribution in [2.24, 2.45) is 0 Å². The zero-order valence-electron chi connectivity index (χ0n) is 12.4. The van der Waals surface area contributed by atoms with Crippen molar-refractivity contribution in [3.8, 4) is 0 Å². The number of carbonyl (C=O) groups is 1. The molecular formula is C18H18FNOS. The fourth-order valence-electron chi connectivity index (χ4n) is 2.89. The maximum atomic E-state index is 13.5. The molecule has 1 aliphatic carbocycles. The van der Waals surface area contributed by atoms with E-state index in [1.54, 1.807) is 17.8 Å². The third kappa shape index (κ3) is 2.75. The highest BCUT2D eigenvalue weighted by molar-refractivity contribution is 7.98. The van der Waals surface area contributed by atoms with E-state index >= 15 is 0 Å². The SMILES string of the molecule is CSc1ccc(NC(=O)C2(c3cccc(F)c3)CCC2)cc1. The number of thioether (sulfide) groups is 1. The molecule has 0 aliphatic heterocycles. The molecule has 0 bridgehead atoms. The Balaban J connectivity index is 1.82. The first kappa shape index (κ1) is 15.1. The summed E-state index contributed by atoms with van der Waals surface area (Å²) in [6.07, 6.45) is 4.55. The number of hydrogen-bond acceptors (Lipinski definition) is 2. The van der Waals surface area contributed by atoms with E-state index in [-0.39, 0.29) is 11.7 Å². The molecule has 1 fully saturated rings. The van der Waals surface area contributed by atoms with Crippen LogP contribution in [-0.4, -0.2) is 12.2 Å². The number of hydrogen-bond donors (Lipinski definition) is 1. The highest BCUT2D eigenvalue weighted by atomic mass is 32.2. The number of carbonyl (C=O) groups excluding carboxylic acids is 1. The summed E-state index contributed by atoms with van der Waals surface area (Å²) < 4.78 is 13.5. The Labute approximate surface area is 134 Å². The van der Waals surface area contributed by atoms with Gasteiger partial charge in [0.2, 0.25) is 5.91 Å². The minimum atomic E-state index is -0.583. The number of anilines is 1. The molecule has 0 aromatic heterocycles. The third-order valence-electron chi connectivity index (χ3n) is 4.37. The van der Waals surface area contributed by atoms with Crippen molar-refractivity contribution in [3.63, 3.8) is 0 Å². The monoisotopic (exact) mass is 315 g/mol. The molecule has 0 radical (unpaired) electrons. The molecule has 2 aromatic carbocycles. The topological polar surface area (TPSA) is 29.1 Å². The normalized spacial score (nSPS) is 15.9. The molecule has 2 aromatic rings. The lowest BCUT2D eigenvalue weighted by atomic mass is 9.63. The van der Waals surface area contributed by atoms with Gasteiger partial charge in [-0.2, -0.15) is 0 Å². The van der Waals surface area contributed by atoms with Gasteiger partial charge < -0.3 is 5.32 Å². The summed E-state index contributed by atoms with van der Waals surface area (Å²) in [5, 5.41) is 2.98. The van der Waals surface area contributed by atoms with Gasteiger partial charge in [-0.25, -0.2) is 4.39 Å². The standard InChI is InChI=1S/C18H18FNOS/c1-22-16-8-6-15(7-9-16)20-17(21)18(10-3-11-18)13-4-2-5-14(19)12-13/h2,4-9,12H,3,10-11H2,1H3,(H,20,21). The predicted octanol–water partition coefficient (Wildman–Crippen LogP) is 4.61. The molecule has 0 spiro atoms. The Bertz CT molecular complexity index is 680. The molecule has 22 heavy (non-hydrogen) atoms. The maximum Gasteiger partial charge on any atom is 0.235 e. The highest BCUT2D eigenvalue weighted by Crippen LogP contribution is 2.44. The molecule has 0 unspecified atom stereocenters. The molecule has 114 valence electrons. The number of amides is 1. The smallest absolute Gasteiger partial charge is 0.235 e. The Hall–Kier alpha value is -1.81. The van der Waals surface area contributed by atoms with Gasteiger partial charge >= 0.3 is 0 Å². The van der Waals surface area contributed by atoms with E-state index in [0.717, 1.165) is 35.4 Å². The summed E-state index contributed by atoms with van der Waals surface area (Å²) in [5.41, 5.74) is 0.975. The first-order chi connectivity index (χ1) is 10.6. The molecule has 1 saturated carbocycles. The molecule has 1 aliphatic rings. The van der Waals surface area contributed by atoms with E-state index in [4.69, 9.17) is 0 Å². The fraction of sp³-hybridized carbons (Fsp3) is 0.278. The van der Waals surface area contributed by atoms with E-state index in [9.17, 15) is 9.18 Å². The van der Waals surface area contributed by atoms with Crippen LogP contribution < -0.4 is 5.32 Å². The van der Waals surface area contributed by atoms with Crippen LogP contribution in [0.15, 0.2) is 53.4 Å². The second-order valence-electron chi connectivity index (χ2n) is 5.63. The zero-order valence-corrected chi connectivity index (χ0v) is 13.3. The van der Waals surface area contributed by atoms with Crippen molar-refractivity contribution in [1.82, 2.24) is 0 Å². The minimum absolute atomic E-state index is 0.0405. The molecule has 0 heterocycles. The molecule has 1 N–H and O–H groups in total. The first-order valence-corrected chi connectivity index (χ1v) is 8.58. The van der Waals surface area contributed by atoms with E-state index in [0.29, 0.717) is 0 Å². The molecule has 4 heteroatoms. The van der Waals surface area contributed by atoms with Crippen LogP contribution in [0.1, 0.15) is 24.8 Å². The van der Waals surface area contributed by atoms with Gasteiger partial charge in [0, 0.05) is 10.6 Å². The average Bonchev–Trinajstić information content (AvgIpc) is 2.47. The molecule has 0 atom stereocenters. The molecule has 1 amide bonds. The van der Waals surface area contributed by atoms with Gasteiger partial charge in [-0.15, -0.1) is 11.8 Å². The van der Waals surface area contributed by atoms with Crippen molar-refractivity contribution >= 4 is 23.4 Å². The lowest BCUT2D eigenvalue weighted by molar-refractivity contribution is -0.124. The summed E-state index contributed by atoms with van der Waals surface area (Å²) in [6.45, 7) is 0. The summed E-state index contributed by atoms with van der Waals surface area (Å²) in [6, 6.07) is 14.2. The number of benzene rings is 2. The van der Waals surface area contributed by atoms with Crippen LogP contribution in [0, 0.1) is 5.82 Å². The van der Waals surface area contributed by atoms with Crippen LogP contribution in [0.4, 0.5) is 10.1 Å². The van der Waals surface area contributed by atoms with Gasteiger partial charge in [-0.1, -0.05) is 18.6 Å². The zero-order chi connectivity index (χ0) is 15.6. The van der Waals surface area contributed by atoms with Crippen molar-refractivity contribution in [2.45, 2.75) is 29.6 Å². The van der Waals surface area contributed by atoms with Crippen molar-refractivity contribution < 1.29 is 9.18 Å². The van der Waals surface area contributed by atoms with E-state index in [2.05, 4.69) is 5.32 Å². The Morgan fingerprint density at radius 3 is 2.45 bits per heavy atom. The summed E-state index contributed by atoms with van der Waals surface area (Å²) in [4.78, 5) is 13.9. The van der Waals surface area contributed by atoms with Crippen LogP contribution in [0.3, 0.4) is 0 Å². The van der Waals surface area contributed by atoms with E-state index in [1.807, 2.05) is 36.6 Å². The van der Waals surface area contributed by atoms with Crippen LogP contribution in [0.5, 0.6) is 0 Å². The van der Waals surface area contributed by atoms with Crippen LogP contribution >= 0.6 is 11.8 Å². The maximum absolute atomic E-state index is 13.5.